The van der Waals surface area contributed by atoms with Gasteiger partial charge < -0.3 is 15.3 Å². The van der Waals surface area contributed by atoms with Gasteiger partial charge in [-0.25, -0.2) is 0 Å². The van der Waals surface area contributed by atoms with Crippen molar-refractivity contribution in [1.82, 2.24) is 0 Å². The summed E-state index contributed by atoms with van der Waals surface area (Å²) >= 11 is 3.29. The van der Waals surface area contributed by atoms with Gasteiger partial charge in [-0.2, -0.15) is 0 Å². The lowest BCUT2D eigenvalue weighted by Crippen LogP contribution is -2.06. The highest BCUT2D eigenvalue weighted by molar-refractivity contribution is 8.16. The zero-order valence-electron chi connectivity index (χ0n) is 23.6. The van der Waals surface area contributed by atoms with Crippen LogP contribution in [0.2, 0.25) is 0 Å². The number of aliphatic hydroxyl groups excluding tert-OH is 3. The number of rotatable bonds is 5. The molecule has 0 saturated carbocycles. The van der Waals surface area contributed by atoms with E-state index < -0.39 is 5.92 Å². The second kappa shape index (κ2) is 12.0. The van der Waals surface area contributed by atoms with Gasteiger partial charge in [-0.15, -0.1) is 0 Å². The molecule has 0 amide bonds. The SMILES string of the molecule is OC1=C(O)C(C2C=C(c3ccccc3)SC(c3ccccc3)=C2)=C(O)C1=C1C=C(c2ccccc2)SC(c2ccccc2)=C1. The minimum Gasteiger partial charge on any atom is -0.507 e. The smallest absolute Gasteiger partial charge is 0.169 e. The highest BCUT2D eigenvalue weighted by Gasteiger charge is 2.36. The van der Waals surface area contributed by atoms with Crippen molar-refractivity contribution in [2.45, 2.75) is 0 Å². The molecule has 5 heteroatoms. The zero-order valence-corrected chi connectivity index (χ0v) is 25.2. The van der Waals surface area contributed by atoms with Gasteiger partial charge in [0.25, 0.3) is 0 Å². The van der Waals surface area contributed by atoms with E-state index in [0.29, 0.717) is 5.57 Å². The molecule has 4 aromatic carbocycles. The Morgan fingerprint density at radius 3 is 1.18 bits per heavy atom. The van der Waals surface area contributed by atoms with Gasteiger partial charge in [0.1, 0.15) is 5.76 Å². The van der Waals surface area contributed by atoms with E-state index in [1.54, 1.807) is 23.5 Å². The average molecular weight is 609 g/mol. The standard InChI is InChI=1S/C39H28O3S2/c40-37-35(29-21-31(25-13-5-1-6-14-25)43-32(22-29)26-15-7-2-8-16-26)38(41)39(42)36(37)30-23-33(27-17-9-3-10-18-27)44-34(24-30)28-19-11-4-12-20-28/h1-24,29,40-42H. The molecule has 0 bridgehead atoms. The lowest BCUT2D eigenvalue weighted by molar-refractivity contribution is 0.345. The normalized spacial score (nSPS) is 17.4. The molecule has 0 radical (unpaired) electrons. The quantitative estimate of drug-likeness (QED) is 0.210. The van der Waals surface area contributed by atoms with Gasteiger partial charge >= 0.3 is 0 Å². The molecule has 0 atom stereocenters. The third-order valence-electron chi connectivity index (χ3n) is 7.74. The Morgan fingerprint density at radius 2 is 0.773 bits per heavy atom. The number of allylic oxidation sites excluding steroid dienone is 6. The Labute approximate surface area is 265 Å². The summed E-state index contributed by atoms with van der Waals surface area (Å²) in [5, 5.41) is 34.7. The van der Waals surface area contributed by atoms with Crippen LogP contribution in [0, 0.1) is 5.92 Å². The maximum Gasteiger partial charge on any atom is 0.169 e. The monoisotopic (exact) mass is 608 g/mol. The van der Waals surface area contributed by atoms with Gasteiger partial charge in [-0.1, -0.05) is 157 Å². The maximum atomic E-state index is 11.9. The van der Waals surface area contributed by atoms with Crippen LogP contribution in [0.15, 0.2) is 180 Å². The fourth-order valence-electron chi connectivity index (χ4n) is 5.57. The molecule has 0 saturated heterocycles. The average Bonchev–Trinajstić information content (AvgIpc) is 3.32. The first-order valence-corrected chi connectivity index (χ1v) is 16.0. The maximum absolute atomic E-state index is 11.9. The topological polar surface area (TPSA) is 60.7 Å². The largest absolute Gasteiger partial charge is 0.507 e. The number of thioether (sulfide) groups is 2. The predicted molar refractivity (Wildman–Crippen MR) is 185 cm³/mol. The molecule has 1 aliphatic carbocycles. The van der Waals surface area contributed by atoms with E-state index in [1.165, 1.54) is 0 Å². The lowest BCUT2D eigenvalue weighted by atomic mass is 9.94. The van der Waals surface area contributed by atoms with Crippen LogP contribution in [-0.2, 0) is 0 Å². The molecule has 4 aromatic rings. The molecule has 44 heavy (non-hydrogen) atoms. The van der Waals surface area contributed by atoms with Crippen molar-refractivity contribution >= 4 is 43.1 Å². The van der Waals surface area contributed by atoms with E-state index in [2.05, 4.69) is 24.3 Å². The Morgan fingerprint density at radius 1 is 0.409 bits per heavy atom. The minimum absolute atomic E-state index is 0.126. The summed E-state index contributed by atoms with van der Waals surface area (Å²) < 4.78 is 0. The van der Waals surface area contributed by atoms with Crippen LogP contribution in [0.25, 0.3) is 19.6 Å². The van der Waals surface area contributed by atoms with Crippen LogP contribution in [0.4, 0.5) is 0 Å². The summed E-state index contributed by atoms with van der Waals surface area (Å²) in [7, 11) is 0. The van der Waals surface area contributed by atoms with Crippen LogP contribution < -0.4 is 0 Å². The number of benzene rings is 4. The lowest BCUT2D eigenvalue weighted by Gasteiger charge is -2.22. The first-order chi connectivity index (χ1) is 21.6. The first kappa shape index (κ1) is 28.0. The van der Waals surface area contributed by atoms with Crippen molar-refractivity contribution < 1.29 is 15.3 Å². The van der Waals surface area contributed by atoms with Gasteiger partial charge in [0.05, 0.1) is 11.1 Å². The number of hydrogen-bond donors (Lipinski definition) is 3. The Bertz CT molecular complexity index is 1830. The molecule has 2 heterocycles. The Kier molecular flexibility index (Phi) is 7.65. The molecule has 3 N–H and O–H groups in total. The minimum atomic E-state index is -0.477. The summed E-state index contributed by atoms with van der Waals surface area (Å²) in [6.45, 7) is 0. The van der Waals surface area contributed by atoms with Crippen LogP contribution >= 0.6 is 23.5 Å². The van der Waals surface area contributed by atoms with Gasteiger partial charge in [0, 0.05) is 25.5 Å². The molecule has 7 rings (SSSR count). The van der Waals surface area contributed by atoms with Crippen molar-refractivity contribution in [2.75, 3.05) is 0 Å². The van der Waals surface area contributed by atoms with Crippen LogP contribution in [0.1, 0.15) is 22.3 Å². The van der Waals surface area contributed by atoms with Gasteiger partial charge in [0.2, 0.25) is 0 Å². The van der Waals surface area contributed by atoms with Crippen LogP contribution in [0.5, 0.6) is 0 Å². The molecule has 214 valence electrons. The van der Waals surface area contributed by atoms with Gasteiger partial charge in [-0.3, -0.25) is 0 Å². The second-order valence-electron chi connectivity index (χ2n) is 10.6. The molecule has 3 aliphatic rings. The second-order valence-corrected chi connectivity index (χ2v) is 12.7. The fraction of sp³-hybridized carbons (Fsp3) is 0.0256. The summed E-state index contributed by atoms with van der Waals surface area (Å²) in [5.74, 6) is -1.24. The zero-order chi connectivity index (χ0) is 30.0. The molecule has 0 aromatic heterocycles. The molecule has 0 fully saturated rings. The fourth-order valence-corrected chi connectivity index (χ4v) is 7.86. The summed E-state index contributed by atoms with van der Waals surface area (Å²) in [5.41, 5.74) is 5.29. The third-order valence-corrected chi connectivity index (χ3v) is 10.1. The Balaban J connectivity index is 1.40. The predicted octanol–water partition coefficient (Wildman–Crippen LogP) is 10.7. The van der Waals surface area contributed by atoms with E-state index in [1.807, 2.05) is 121 Å². The van der Waals surface area contributed by atoms with Gasteiger partial charge in [0.15, 0.2) is 11.5 Å². The molecular weight excluding hydrogens is 581 g/mol. The number of hydrogen-bond acceptors (Lipinski definition) is 5. The van der Waals surface area contributed by atoms with Crippen molar-refractivity contribution in [2.24, 2.45) is 5.92 Å². The van der Waals surface area contributed by atoms with Crippen LogP contribution in [0.3, 0.4) is 0 Å². The molecule has 2 aliphatic heterocycles. The summed E-state index contributed by atoms with van der Waals surface area (Å²) in [6, 6.07) is 40.3. The van der Waals surface area contributed by atoms with Crippen molar-refractivity contribution in [3.05, 3.63) is 202 Å². The highest BCUT2D eigenvalue weighted by Crippen LogP contribution is 2.51. The Hall–Kier alpha value is -4.84. The van der Waals surface area contributed by atoms with E-state index in [-0.39, 0.29) is 28.4 Å². The summed E-state index contributed by atoms with van der Waals surface area (Å²) in [6.07, 6.45) is 8.03. The third kappa shape index (κ3) is 5.37. The molecule has 0 unspecified atom stereocenters. The first-order valence-electron chi connectivity index (χ1n) is 14.3. The number of aliphatic hydroxyl groups is 3. The highest BCUT2D eigenvalue weighted by atomic mass is 32.2. The van der Waals surface area contributed by atoms with E-state index in [4.69, 9.17) is 0 Å². The van der Waals surface area contributed by atoms with E-state index in [9.17, 15) is 15.3 Å². The van der Waals surface area contributed by atoms with Crippen molar-refractivity contribution in [1.29, 1.82) is 0 Å². The van der Waals surface area contributed by atoms with Crippen molar-refractivity contribution in [3.8, 4) is 0 Å². The summed E-state index contributed by atoms with van der Waals surface area (Å²) in [4.78, 5) is 3.98. The van der Waals surface area contributed by atoms with Gasteiger partial charge in [-0.05, 0) is 40.0 Å². The molecular formula is C39H28O3S2. The molecule has 3 nitrogen and oxygen atoms in total. The van der Waals surface area contributed by atoms with Crippen LogP contribution in [-0.4, -0.2) is 15.3 Å². The van der Waals surface area contributed by atoms with E-state index >= 15 is 0 Å². The van der Waals surface area contributed by atoms with Crippen molar-refractivity contribution in [3.63, 3.8) is 0 Å². The molecule has 0 spiro atoms. The van der Waals surface area contributed by atoms with E-state index in [0.717, 1.165) is 41.9 Å².